The Morgan fingerprint density at radius 3 is 2.10 bits per heavy atom. The fourth-order valence-electron chi connectivity index (χ4n) is 1.38. The molecule has 0 fully saturated rings. The third kappa shape index (κ3) is 7.76. The lowest BCUT2D eigenvalue weighted by molar-refractivity contribution is -0.155. The second kappa shape index (κ2) is 7.87. The van der Waals surface area contributed by atoms with Gasteiger partial charge in [-0.1, -0.05) is 13.8 Å². The molecule has 0 radical (unpaired) electrons. The van der Waals surface area contributed by atoms with E-state index in [2.05, 4.69) is 10.1 Å². The van der Waals surface area contributed by atoms with Crippen LogP contribution < -0.4 is 5.32 Å². The maximum absolute atomic E-state index is 11.6. The molecule has 0 aromatic rings. The van der Waals surface area contributed by atoms with Crippen LogP contribution in [0, 0.1) is 5.92 Å². The molecule has 0 aliphatic heterocycles. The van der Waals surface area contributed by atoms with Gasteiger partial charge in [-0.2, -0.15) is 0 Å². The lowest BCUT2D eigenvalue weighted by atomic mass is 10.1. The van der Waals surface area contributed by atoms with E-state index in [1.165, 1.54) is 7.11 Å². The summed E-state index contributed by atoms with van der Waals surface area (Å²) < 4.78 is 9.77. The summed E-state index contributed by atoms with van der Waals surface area (Å²) in [6.07, 6.45) is 0.190. The van der Waals surface area contributed by atoms with E-state index in [0.717, 1.165) is 0 Å². The third-order valence-corrected chi connectivity index (χ3v) is 2.38. The van der Waals surface area contributed by atoms with Crippen molar-refractivity contribution in [2.75, 3.05) is 7.11 Å². The number of hydrogen-bond acceptors (Lipinski definition) is 5. The molecule has 6 heteroatoms. The van der Waals surface area contributed by atoms with Crippen LogP contribution in [-0.2, 0) is 23.9 Å². The van der Waals surface area contributed by atoms with E-state index in [4.69, 9.17) is 4.74 Å². The predicted molar refractivity (Wildman–Crippen MR) is 73.9 cm³/mol. The zero-order chi connectivity index (χ0) is 15.9. The van der Waals surface area contributed by atoms with E-state index in [1.807, 2.05) is 0 Å². The lowest BCUT2D eigenvalue weighted by Crippen LogP contribution is -2.43. The average molecular weight is 287 g/mol. The van der Waals surface area contributed by atoms with Gasteiger partial charge in [0.15, 0.2) is 0 Å². The molecule has 0 heterocycles. The number of carbonyl (C=O) groups excluding carboxylic acids is 3. The molecule has 116 valence electrons. The summed E-state index contributed by atoms with van der Waals surface area (Å²) >= 11 is 0. The van der Waals surface area contributed by atoms with Crippen LogP contribution in [0.2, 0.25) is 0 Å². The molecule has 0 spiro atoms. The lowest BCUT2D eigenvalue weighted by Gasteiger charge is -2.21. The van der Waals surface area contributed by atoms with Crippen molar-refractivity contribution in [2.24, 2.45) is 5.92 Å². The number of amides is 1. The van der Waals surface area contributed by atoms with E-state index >= 15 is 0 Å². The van der Waals surface area contributed by atoms with Crippen molar-refractivity contribution in [1.29, 1.82) is 0 Å². The van der Waals surface area contributed by atoms with Gasteiger partial charge < -0.3 is 14.8 Å². The number of ether oxygens (including phenoxy) is 2. The minimum Gasteiger partial charge on any atom is -0.467 e. The maximum atomic E-state index is 11.6. The minimum atomic E-state index is -0.831. The zero-order valence-electron chi connectivity index (χ0n) is 13.1. The van der Waals surface area contributed by atoms with Gasteiger partial charge in [0, 0.05) is 12.3 Å². The van der Waals surface area contributed by atoms with E-state index in [9.17, 15) is 14.4 Å². The number of methoxy groups -OCH3 is 1. The van der Waals surface area contributed by atoms with Crippen LogP contribution in [0.4, 0.5) is 0 Å². The summed E-state index contributed by atoms with van der Waals surface area (Å²) in [5.74, 6) is -1.49. The Labute approximate surface area is 120 Å². The normalized spacial score (nSPS) is 12.8. The molecule has 0 aliphatic carbocycles. The third-order valence-electron chi connectivity index (χ3n) is 2.38. The van der Waals surface area contributed by atoms with Gasteiger partial charge in [-0.15, -0.1) is 0 Å². The fraction of sp³-hybridized carbons (Fsp3) is 0.786. The quantitative estimate of drug-likeness (QED) is 0.747. The second-order valence-electron chi connectivity index (χ2n) is 5.86. The summed E-state index contributed by atoms with van der Waals surface area (Å²) in [6.45, 7) is 8.74. The molecule has 0 aromatic carbocycles. The van der Waals surface area contributed by atoms with Gasteiger partial charge in [-0.05, 0) is 27.2 Å². The molecule has 20 heavy (non-hydrogen) atoms. The van der Waals surface area contributed by atoms with Crippen LogP contribution in [0.15, 0.2) is 0 Å². The van der Waals surface area contributed by atoms with E-state index < -0.39 is 23.6 Å². The fourth-order valence-corrected chi connectivity index (χ4v) is 1.38. The van der Waals surface area contributed by atoms with Gasteiger partial charge in [0.25, 0.3) is 0 Å². The van der Waals surface area contributed by atoms with Crippen LogP contribution in [0.3, 0.4) is 0 Å². The smallest absolute Gasteiger partial charge is 0.328 e. The monoisotopic (exact) mass is 287 g/mol. The Kier molecular flexibility index (Phi) is 7.24. The highest BCUT2D eigenvalue weighted by atomic mass is 16.6. The van der Waals surface area contributed by atoms with Crippen molar-refractivity contribution in [3.8, 4) is 0 Å². The second-order valence-corrected chi connectivity index (χ2v) is 5.86. The van der Waals surface area contributed by atoms with E-state index in [0.29, 0.717) is 0 Å². The van der Waals surface area contributed by atoms with Crippen molar-refractivity contribution in [3.05, 3.63) is 0 Å². The molecule has 1 amide bonds. The Morgan fingerprint density at radius 2 is 1.70 bits per heavy atom. The molecule has 0 aromatic heterocycles. The van der Waals surface area contributed by atoms with Gasteiger partial charge in [-0.3, -0.25) is 9.59 Å². The van der Waals surface area contributed by atoms with Crippen LogP contribution in [-0.4, -0.2) is 36.6 Å². The van der Waals surface area contributed by atoms with Gasteiger partial charge >= 0.3 is 11.9 Å². The van der Waals surface area contributed by atoms with Gasteiger partial charge in [0.05, 0.1) is 7.11 Å². The highest BCUT2D eigenvalue weighted by Crippen LogP contribution is 2.10. The van der Waals surface area contributed by atoms with Gasteiger partial charge in [0.2, 0.25) is 5.91 Å². The van der Waals surface area contributed by atoms with Crippen LogP contribution >= 0.6 is 0 Å². The Hall–Kier alpha value is -1.59. The minimum absolute atomic E-state index is 0.0371. The van der Waals surface area contributed by atoms with Gasteiger partial charge in [0.1, 0.15) is 11.6 Å². The number of rotatable bonds is 6. The predicted octanol–water partition coefficient (Wildman–Crippen LogP) is 1.42. The zero-order valence-corrected chi connectivity index (χ0v) is 13.1. The molecular formula is C14H25NO5. The molecule has 0 unspecified atom stereocenters. The summed E-state index contributed by atoms with van der Waals surface area (Å²) in [6, 6.07) is -0.831. The summed E-state index contributed by atoms with van der Waals surface area (Å²) in [5, 5.41) is 2.56. The number of esters is 2. The molecule has 0 rings (SSSR count). The highest BCUT2D eigenvalue weighted by molar-refractivity contribution is 5.85. The average Bonchev–Trinajstić information content (AvgIpc) is 2.30. The first-order valence-electron chi connectivity index (χ1n) is 6.67. The Balaban J connectivity index is 4.49. The van der Waals surface area contributed by atoms with Crippen LogP contribution in [0.1, 0.15) is 47.5 Å². The topological polar surface area (TPSA) is 81.7 Å². The molecule has 6 nitrogen and oxygen atoms in total. The Morgan fingerprint density at radius 1 is 1.15 bits per heavy atom. The number of carbonyl (C=O) groups is 3. The summed E-state index contributed by atoms with van der Waals surface area (Å²) in [5.41, 5.74) is -0.570. The summed E-state index contributed by atoms with van der Waals surface area (Å²) in [4.78, 5) is 34.8. The van der Waals surface area contributed by atoms with Crippen LogP contribution in [0.5, 0.6) is 0 Å². The Bertz CT molecular complexity index is 357. The maximum Gasteiger partial charge on any atom is 0.328 e. The van der Waals surface area contributed by atoms with Crippen molar-refractivity contribution in [3.63, 3.8) is 0 Å². The van der Waals surface area contributed by atoms with E-state index in [1.54, 1.807) is 34.6 Å². The van der Waals surface area contributed by atoms with E-state index in [-0.39, 0.29) is 24.7 Å². The number of nitrogens with one attached hydrogen (secondary N) is 1. The first kappa shape index (κ1) is 18.4. The molecule has 0 saturated heterocycles. The van der Waals surface area contributed by atoms with Crippen molar-refractivity contribution >= 4 is 17.8 Å². The molecule has 0 aliphatic rings. The van der Waals surface area contributed by atoms with Crippen molar-refractivity contribution in [1.82, 2.24) is 5.32 Å². The standard InChI is InChI=1S/C14H25NO5/c1-9(2)12(17)15-10(13(18)19-6)7-8-11(16)20-14(3,4)5/h9-10H,7-8H2,1-6H3,(H,15,17)/t10-/m1/s1. The summed E-state index contributed by atoms with van der Waals surface area (Å²) in [7, 11) is 1.24. The largest absolute Gasteiger partial charge is 0.467 e. The molecule has 1 N–H and O–H groups in total. The SMILES string of the molecule is COC(=O)[C@@H](CCC(=O)OC(C)(C)C)NC(=O)C(C)C. The first-order chi connectivity index (χ1) is 9.06. The molecule has 0 saturated carbocycles. The molecule has 0 bridgehead atoms. The van der Waals surface area contributed by atoms with Crippen LogP contribution in [0.25, 0.3) is 0 Å². The highest BCUT2D eigenvalue weighted by Gasteiger charge is 2.25. The van der Waals surface area contributed by atoms with Crippen molar-refractivity contribution < 1.29 is 23.9 Å². The van der Waals surface area contributed by atoms with Crippen molar-refractivity contribution in [2.45, 2.75) is 59.1 Å². The van der Waals surface area contributed by atoms with Gasteiger partial charge in [-0.25, -0.2) is 4.79 Å². The number of hydrogen-bond donors (Lipinski definition) is 1. The molecule has 1 atom stereocenters. The molecular weight excluding hydrogens is 262 g/mol. The first-order valence-corrected chi connectivity index (χ1v) is 6.67.